The van der Waals surface area contributed by atoms with Gasteiger partial charge in [-0.25, -0.2) is 0 Å². The third-order valence-electron chi connectivity index (χ3n) is 2.80. The van der Waals surface area contributed by atoms with E-state index in [-0.39, 0.29) is 19.3 Å². The molecule has 0 spiro atoms. The van der Waals surface area contributed by atoms with Crippen LogP contribution in [0.1, 0.15) is 12.5 Å². The molecule has 1 rings (SSSR count). The van der Waals surface area contributed by atoms with Crippen LogP contribution in [-0.4, -0.2) is 51.3 Å². The normalized spacial score (nSPS) is 14.0. The zero-order valence-corrected chi connectivity index (χ0v) is 14.4. The Bertz CT molecular complexity index is 417. The lowest BCUT2D eigenvalue weighted by atomic mass is 10.2. The SMILES string of the molecule is CNCc1cc(Br)ccc1OCC(O)COC(C)COC. The first kappa shape index (κ1) is 18.4. The quantitative estimate of drug-likeness (QED) is 0.667. The van der Waals surface area contributed by atoms with Gasteiger partial charge in [-0.3, -0.25) is 0 Å². The van der Waals surface area contributed by atoms with Crippen LogP contribution in [-0.2, 0) is 16.0 Å². The highest BCUT2D eigenvalue weighted by atomic mass is 79.9. The van der Waals surface area contributed by atoms with Crippen molar-refractivity contribution in [2.75, 3.05) is 34.0 Å². The highest BCUT2D eigenvalue weighted by Gasteiger charge is 2.11. The van der Waals surface area contributed by atoms with E-state index in [1.165, 1.54) is 0 Å². The van der Waals surface area contributed by atoms with E-state index in [0.717, 1.165) is 15.8 Å². The molecule has 0 saturated heterocycles. The van der Waals surface area contributed by atoms with Gasteiger partial charge in [-0.1, -0.05) is 15.9 Å². The second kappa shape index (κ2) is 10.1. The highest BCUT2D eigenvalue weighted by Crippen LogP contribution is 2.23. The van der Waals surface area contributed by atoms with Crippen LogP contribution >= 0.6 is 15.9 Å². The summed E-state index contributed by atoms with van der Waals surface area (Å²) in [6.45, 7) is 3.52. The van der Waals surface area contributed by atoms with Crippen molar-refractivity contribution >= 4 is 15.9 Å². The molecule has 0 aliphatic carbocycles. The van der Waals surface area contributed by atoms with Gasteiger partial charge in [0, 0.05) is 23.7 Å². The van der Waals surface area contributed by atoms with Gasteiger partial charge in [0.1, 0.15) is 18.5 Å². The number of aliphatic hydroxyl groups excluding tert-OH is 1. The fourth-order valence-electron chi connectivity index (χ4n) is 1.81. The van der Waals surface area contributed by atoms with Crippen LogP contribution in [0.4, 0.5) is 0 Å². The molecule has 0 heterocycles. The fraction of sp³-hybridized carbons (Fsp3) is 0.600. The summed E-state index contributed by atoms with van der Waals surface area (Å²) in [5.74, 6) is 0.761. The lowest BCUT2D eigenvalue weighted by Crippen LogP contribution is -2.27. The molecular weight excluding hydrogens is 338 g/mol. The second-order valence-electron chi connectivity index (χ2n) is 4.85. The van der Waals surface area contributed by atoms with Crippen LogP contribution in [0.15, 0.2) is 22.7 Å². The fourth-order valence-corrected chi connectivity index (χ4v) is 2.22. The van der Waals surface area contributed by atoms with E-state index < -0.39 is 6.10 Å². The Labute approximate surface area is 134 Å². The zero-order valence-electron chi connectivity index (χ0n) is 12.8. The number of ether oxygens (including phenoxy) is 3. The number of methoxy groups -OCH3 is 1. The molecule has 1 aromatic rings. The number of hydrogen-bond donors (Lipinski definition) is 2. The van der Waals surface area contributed by atoms with E-state index in [1.807, 2.05) is 32.2 Å². The number of benzene rings is 1. The third-order valence-corrected chi connectivity index (χ3v) is 3.29. The molecular formula is C15H24BrNO4. The Balaban J connectivity index is 2.43. The first-order valence-corrected chi connectivity index (χ1v) is 7.70. The van der Waals surface area contributed by atoms with Gasteiger partial charge >= 0.3 is 0 Å². The summed E-state index contributed by atoms with van der Waals surface area (Å²) in [5, 5.41) is 13.0. The predicted octanol–water partition coefficient (Wildman–Crippen LogP) is 1.96. The number of aliphatic hydroxyl groups is 1. The van der Waals surface area contributed by atoms with E-state index in [9.17, 15) is 5.11 Å². The lowest BCUT2D eigenvalue weighted by molar-refractivity contribution is -0.0423. The molecule has 120 valence electrons. The van der Waals surface area contributed by atoms with Gasteiger partial charge < -0.3 is 24.6 Å². The van der Waals surface area contributed by atoms with Crippen molar-refractivity contribution in [1.82, 2.24) is 5.32 Å². The molecule has 0 radical (unpaired) electrons. The Morgan fingerprint density at radius 3 is 2.71 bits per heavy atom. The summed E-state index contributed by atoms with van der Waals surface area (Å²) < 4.78 is 17.1. The minimum Gasteiger partial charge on any atom is -0.490 e. The summed E-state index contributed by atoms with van der Waals surface area (Å²) in [7, 11) is 3.50. The molecule has 2 atom stereocenters. The number of nitrogens with one attached hydrogen (secondary N) is 1. The molecule has 0 aliphatic heterocycles. The van der Waals surface area contributed by atoms with E-state index in [0.29, 0.717) is 13.2 Å². The minimum atomic E-state index is -0.671. The molecule has 0 aliphatic rings. The maximum absolute atomic E-state index is 9.89. The van der Waals surface area contributed by atoms with Crippen LogP contribution in [0, 0.1) is 0 Å². The number of rotatable bonds is 10. The van der Waals surface area contributed by atoms with Crippen LogP contribution in [0.3, 0.4) is 0 Å². The molecule has 0 aromatic heterocycles. The summed E-state index contributed by atoms with van der Waals surface area (Å²) in [6.07, 6.45) is -0.715. The molecule has 0 fully saturated rings. The molecule has 0 amide bonds. The van der Waals surface area contributed by atoms with E-state index in [1.54, 1.807) is 7.11 Å². The molecule has 0 saturated carbocycles. The molecule has 2 N–H and O–H groups in total. The van der Waals surface area contributed by atoms with Gasteiger partial charge in [-0.15, -0.1) is 0 Å². The summed E-state index contributed by atoms with van der Waals surface area (Å²) in [6, 6.07) is 5.80. The van der Waals surface area contributed by atoms with Crippen LogP contribution in [0.5, 0.6) is 5.75 Å². The average molecular weight is 362 g/mol. The predicted molar refractivity (Wildman–Crippen MR) is 85.7 cm³/mol. The van der Waals surface area contributed by atoms with Gasteiger partial charge in [0.05, 0.1) is 19.3 Å². The number of halogens is 1. The largest absolute Gasteiger partial charge is 0.490 e. The Kier molecular flexibility index (Phi) is 8.87. The molecule has 5 nitrogen and oxygen atoms in total. The highest BCUT2D eigenvalue weighted by molar-refractivity contribution is 9.10. The first-order chi connectivity index (χ1) is 10.1. The van der Waals surface area contributed by atoms with E-state index in [4.69, 9.17) is 14.2 Å². The standard InChI is InChI=1S/C15H24BrNO4/c1-11(8-19-3)20-9-14(18)10-21-15-5-4-13(16)6-12(15)7-17-2/h4-6,11,14,17-18H,7-10H2,1-3H3. The Hall–Kier alpha value is -0.660. The Morgan fingerprint density at radius 1 is 1.29 bits per heavy atom. The van der Waals surface area contributed by atoms with E-state index in [2.05, 4.69) is 21.2 Å². The van der Waals surface area contributed by atoms with Crippen molar-refractivity contribution in [1.29, 1.82) is 0 Å². The molecule has 21 heavy (non-hydrogen) atoms. The third kappa shape index (κ3) is 7.24. The first-order valence-electron chi connectivity index (χ1n) is 6.91. The summed E-state index contributed by atoms with van der Waals surface area (Å²) in [5.41, 5.74) is 1.03. The molecule has 1 aromatic carbocycles. The maximum Gasteiger partial charge on any atom is 0.124 e. The molecule has 0 bridgehead atoms. The molecule has 6 heteroatoms. The van der Waals surface area contributed by atoms with Crippen LogP contribution < -0.4 is 10.1 Å². The van der Waals surface area contributed by atoms with Crippen molar-refractivity contribution in [2.45, 2.75) is 25.7 Å². The topological polar surface area (TPSA) is 60.0 Å². The summed E-state index contributed by atoms with van der Waals surface area (Å²) >= 11 is 3.44. The van der Waals surface area contributed by atoms with E-state index >= 15 is 0 Å². The van der Waals surface area contributed by atoms with Gasteiger partial charge in [-0.05, 0) is 32.2 Å². The zero-order chi connectivity index (χ0) is 15.7. The lowest BCUT2D eigenvalue weighted by Gasteiger charge is -2.17. The summed E-state index contributed by atoms with van der Waals surface area (Å²) in [4.78, 5) is 0. The average Bonchev–Trinajstić information content (AvgIpc) is 2.45. The maximum atomic E-state index is 9.89. The van der Waals surface area contributed by atoms with Gasteiger partial charge in [0.25, 0.3) is 0 Å². The van der Waals surface area contributed by atoms with Crippen LogP contribution in [0.25, 0.3) is 0 Å². The van der Waals surface area contributed by atoms with Crippen LogP contribution in [0.2, 0.25) is 0 Å². The smallest absolute Gasteiger partial charge is 0.124 e. The Morgan fingerprint density at radius 2 is 2.05 bits per heavy atom. The van der Waals surface area contributed by atoms with Crippen molar-refractivity contribution in [3.63, 3.8) is 0 Å². The van der Waals surface area contributed by atoms with Crippen molar-refractivity contribution in [2.24, 2.45) is 0 Å². The van der Waals surface area contributed by atoms with Gasteiger partial charge in [0.15, 0.2) is 0 Å². The minimum absolute atomic E-state index is 0.0443. The van der Waals surface area contributed by atoms with Crippen molar-refractivity contribution in [3.8, 4) is 5.75 Å². The van der Waals surface area contributed by atoms with Crippen molar-refractivity contribution in [3.05, 3.63) is 28.2 Å². The number of hydrogen-bond acceptors (Lipinski definition) is 5. The van der Waals surface area contributed by atoms with Crippen molar-refractivity contribution < 1.29 is 19.3 Å². The van der Waals surface area contributed by atoms with Gasteiger partial charge in [0.2, 0.25) is 0 Å². The monoisotopic (exact) mass is 361 g/mol. The second-order valence-corrected chi connectivity index (χ2v) is 5.76. The van der Waals surface area contributed by atoms with Gasteiger partial charge in [-0.2, -0.15) is 0 Å². The molecule has 2 unspecified atom stereocenters.